The van der Waals surface area contributed by atoms with E-state index in [4.69, 9.17) is 25.8 Å². The number of amides is 2. The first-order valence-corrected chi connectivity index (χ1v) is 8.84. The van der Waals surface area contributed by atoms with Crippen molar-refractivity contribution in [3.8, 4) is 17.2 Å². The predicted molar refractivity (Wildman–Crippen MR) is 101 cm³/mol. The summed E-state index contributed by atoms with van der Waals surface area (Å²) < 4.78 is 16.2. The maximum atomic E-state index is 12.3. The summed E-state index contributed by atoms with van der Waals surface area (Å²) in [6.45, 7) is 3.08. The van der Waals surface area contributed by atoms with Gasteiger partial charge in [-0.1, -0.05) is 11.6 Å². The molecule has 3 rings (SSSR count). The maximum absolute atomic E-state index is 12.3. The lowest BCUT2D eigenvalue weighted by Gasteiger charge is -2.20. The third-order valence-electron chi connectivity index (χ3n) is 3.72. The summed E-state index contributed by atoms with van der Waals surface area (Å²) in [6.07, 6.45) is 0. The minimum Gasteiger partial charge on any atom is -0.494 e. The Morgan fingerprint density at radius 2 is 1.89 bits per heavy atom. The van der Waals surface area contributed by atoms with Crippen molar-refractivity contribution in [1.82, 2.24) is 5.32 Å². The van der Waals surface area contributed by atoms with Crippen LogP contribution in [0.15, 0.2) is 36.4 Å². The molecule has 0 radical (unpaired) electrons. The number of hydrogen-bond donors (Lipinski definition) is 2. The molecule has 0 atom stereocenters. The van der Waals surface area contributed by atoms with Gasteiger partial charge in [0, 0.05) is 11.3 Å². The largest absolute Gasteiger partial charge is 0.494 e. The molecule has 0 spiro atoms. The van der Waals surface area contributed by atoms with Gasteiger partial charge in [0.15, 0.2) is 11.5 Å². The fourth-order valence-electron chi connectivity index (χ4n) is 2.51. The number of carbonyl (C=O) groups excluding carboxylic acids is 2. The lowest BCUT2D eigenvalue weighted by Crippen LogP contribution is -2.33. The molecule has 2 N–H and O–H groups in total. The zero-order valence-corrected chi connectivity index (χ0v) is 15.5. The molecule has 0 bridgehead atoms. The Morgan fingerprint density at radius 1 is 1.15 bits per heavy atom. The van der Waals surface area contributed by atoms with E-state index in [0.29, 0.717) is 37.0 Å². The number of nitrogens with one attached hydrogen (secondary N) is 2. The standard InChI is InChI=1S/C19H19ClN2O5/c1-2-25-14-5-3-13(4-6-14)22-17(23)11-21-19(24)12-9-15(20)18-16(10-12)26-7-8-27-18/h3-6,9-10H,2,7-8,11H2,1H3,(H,21,24)(H,22,23). The molecule has 0 fully saturated rings. The van der Waals surface area contributed by atoms with Crippen LogP contribution >= 0.6 is 11.6 Å². The molecular formula is C19H19ClN2O5. The Kier molecular flexibility index (Phi) is 6.03. The highest BCUT2D eigenvalue weighted by Crippen LogP contribution is 2.38. The van der Waals surface area contributed by atoms with Gasteiger partial charge in [-0.15, -0.1) is 0 Å². The minimum absolute atomic E-state index is 0.182. The van der Waals surface area contributed by atoms with Crippen LogP contribution in [0.25, 0.3) is 0 Å². The molecule has 0 unspecified atom stereocenters. The first-order valence-electron chi connectivity index (χ1n) is 8.47. The molecule has 0 aliphatic carbocycles. The number of benzene rings is 2. The van der Waals surface area contributed by atoms with E-state index in [-0.39, 0.29) is 23.0 Å². The van der Waals surface area contributed by atoms with Crippen LogP contribution in [0.4, 0.5) is 5.69 Å². The zero-order chi connectivity index (χ0) is 19.2. The number of halogens is 1. The van der Waals surface area contributed by atoms with Crippen molar-refractivity contribution >= 4 is 29.1 Å². The van der Waals surface area contributed by atoms with E-state index in [1.54, 1.807) is 30.3 Å². The summed E-state index contributed by atoms with van der Waals surface area (Å²) in [5.41, 5.74) is 0.901. The van der Waals surface area contributed by atoms with Crippen molar-refractivity contribution in [1.29, 1.82) is 0 Å². The summed E-state index contributed by atoms with van der Waals surface area (Å²) in [4.78, 5) is 24.3. The zero-order valence-electron chi connectivity index (χ0n) is 14.7. The Hall–Kier alpha value is -2.93. The third kappa shape index (κ3) is 4.83. The Bertz CT molecular complexity index is 839. The van der Waals surface area contributed by atoms with Crippen LogP contribution in [0.5, 0.6) is 17.2 Å². The van der Waals surface area contributed by atoms with Gasteiger partial charge in [-0.2, -0.15) is 0 Å². The number of carbonyl (C=O) groups is 2. The second-order valence-electron chi connectivity index (χ2n) is 5.67. The van der Waals surface area contributed by atoms with Crippen LogP contribution in [0, 0.1) is 0 Å². The van der Waals surface area contributed by atoms with Crippen molar-refractivity contribution in [3.05, 3.63) is 47.0 Å². The van der Waals surface area contributed by atoms with E-state index in [1.807, 2.05) is 6.92 Å². The number of rotatable bonds is 6. The monoisotopic (exact) mass is 390 g/mol. The summed E-state index contributed by atoms with van der Waals surface area (Å²) in [7, 11) is 0. The van der Waals surface area contributed by atoms with Crippen molar-refractivity contribution in [3.63, 3.8) is 0 Å². The molecule has 2 amide bonds. The van der Waals surface area contributed by atoms with E-state index in [1.165, 1.54) is 6.07 Å². The maximum Gasteiger partial charge on any atom is 0.251 e. The molecular weight excluding hydrogens is 372 g/mol. The average Bonchev–Trinajstić information content (AvgIpc) is 2.68. The fraction of sp³-hybridized carbons (Fsp3) is 0.263. The van der Waals surface area contributed by atoms with Crippen molar-refractivity contribution in [2.45, 2.75) is 6.92 Å². The highest BCUT2D eigenvalue weighted by Gasteiger charge is 2.19. The second kappa shape index (κ2) is 8.64. The van der Waals surface area contributed by atoms with Gasteiger partial charge in [-0.3, -0.25) is 9.59 Å². The quantitative estimate of drug-likeness (QED) is 0.792. The van der Waals surface area contributed by atoms with Crippen LogP contribution in [-0.4, -0.2) is 38.2 Å². The van der Waals surface area contributed by atoms with Crippen molar-refractivity contribution < 1.29 is 23.8 Å². The summed E-state index contributed by atoms with van der Waals surface area (Å²) in [5, 5.41) is 5.54. The Morgan fingerprint density at radius 3 is 2.63 bits per heavy atom. The number of fused-ring (bicyclic) bond motifs is 1. The molecule has 142 valence electrons. The smallest absolute Gasteiger partial charge is 0.251 e. The summed E-state index contributed by atoms with van der Waals surface area (Å²) in [6, 6.07) is 10.00. The van der Waals surface area contributed by atoms with Gasteiger partial charge in [-0.25, -0.2) is 0 Å². The van der Waals surface area contributed by atoms with Gasteiger partial charge in [0.1, 0.15) is 19.0 Å². The highest BCUT2D eigenvalue weighted by molar-refractivity contribution is 6.32. The normalized spacial score (nSPS) is 12.2. The lowest BCUT2D eigenvalue weighted by atomic mass is 10.1. The molecule has 2 aromatic rings. The van der Waals surface area contributed by atoms with Crippen LogP contribution in [-0.2, 0) is 4.79 Å². The SMILES string of the molecule is CCOc1ccc(NC(=O)CNC(=O)c2cc(Cl)c3c(c2)OCCO3)cc1. The molecule has 0 saturated carbocycles. The molecule has 7 nitrogen and oxygen atoms in total. The molecule has 1 heterocycles. The van der Waals surface area contributed by atoms with Gasteiger partial charge in [-0.05, 0) is 43.3 Å². The molecule has 0 saturated heterocycles. The van der Waals surface area contributed by atoms with Crippen molar-refractivity contribution in [2.24, 2.45) is 0 Å². The third-order valence-corrected chi connectivity index (χ3v) is 4.00. The fourth-order valence-corrected chi connectivity index (χ4v) is 2.78. The van der Waals surface area contributed by atoms with E-state index < -0.39 is 5.91 Å². The van der Waals surface area contributed by atoms with Gasteiger partial charge in [0.05, 0.1) is 18.2 Å². The Labute approximate surface area is 161 Å². The summed E-state index contributed by atoms with van der Waals surface area (Å²) >= 11 is 6.12. The molecule has 0 aromatic heterocycles. The molecule has 1 aliphatic heterocycles. The predicted octanol–water partition coefficient (Wildman–Crippen LogP) is 2.88. The van der Waals surface area contributed by atoms with E-state index >= 15 is 0 Å². The molecule has 2 aromatic carbocycles. The summed E-state index contributed by atoms with van der Waals surface area (Å²) in [5.74, 6) is 0.775. The van der Waals surface area contributed by atoms with E-state index in [9.17, 15) is 9.59 Å². The minimum atomic E-state index is -0.435. The van der Waals surface area contributed by atoms with Crippen LogP contribution in [0.3, 0.4) is 0 Å². The van der Waals surface area contributed by atoms with E-state index in [0.717, 1.165) is 5.75 Å². The Balaban J connectivity index is 1.55. The van der Waals surface area contributed by atoms with Crippen LogP contribution in [0.1, 0.15) is 17.3 Å². The van der Waals surface area contributed by atoms with Gasteiger partial charge in [0.25, 0.3) is 5.91 Å². The van der Waals surface area contributed by atoms with Crippen molar-refractivity contribution in [2.75, 3.05) is 31.7 Å². The number of ether oxygens (including phenoxy) is 3. The van der Waals surface area contributed by atoms with Gasteiger partial charge >= 0.3 is 0 Å². The molecule has 8 heteroatoms. The van der Waals surface area contributed by atoms with Gasteiger partial charge < -0.3 is 24.8 Å². The highest BCUT2D eigenvalue weighted by atomic mass is 35.5. The average molecular weight is 391 g/mol. The number of anilines is 1. The lowest BCUT2D eigenvalue weighted by molar-refractivity contribution is -0.115. The second-order valence-corrected chi connectivity index (χ2v) is 6.08. The number of hydrogen-bond acceptors (Lipinski definition) is 5. The van der Waals surface area contributed by atoms with Gasteiger partial charge in [0.2, 0.25) is 5.91 Å². The van der Waals surface area contributed by atoms with Crippen LogP contribution < -0.4 is 24.8 Å². The first-order chi connectivity index (χ1) is 13.1. The molecule has 27 heavy (non-hydrogen) atoms. The van der Waals surface area contributed by atoms with E-state index in [2.05, 4.69) is 10.6 Å². The first kappa shape index (κ1) is 18.8. The van der Waals surface area contributed by atoms with Crippen LogP contribution in [0.2, 0.25) is 5.02 Å². The topological polar surface area (TPSA) is 85.9 Å². The molecule has 1 aliphatic rings.